The lowest BCUT2D eigenvalue weighted by Crippen LogP contribution is -2.28. The lowest BCUT2D eigenvalue weighted by Gasteiger charge is -2.15. The van der Waals surface area contributed by atoms with E-state index in [-0.39, 0.29) is 50.3 Å². The highest BCUT2D eigenvalue weighted by Crippen LogP contribution is 2.18. The van der Waals surface area contributed by atoms with Crippen molar-refractivity contribution in [3.05, 3.63) is 0 Å². The van der Waals surface area contributed by atoms with E-state index in [4.69, 9.17) is 18.9 Å². The SMILES string of the molecule is CCCCCCCCCCCCCCCC(=O)OC[C@H](CO)OC(=O)CCCCCCCCCCCCCCC.CCCCCCCCCCCCCCCC(=O)OC[C@H](CO)OC(=O)CCCCCCCCCCCCCCC. The second kappa shape index (κ2) is 69.3. The van der Waals surface area contributed by atoms with E-state index in [0.29, 0.717) is 25.7 Å². The molecule has 0 radical (unpaired) electrons. The van der Waals surface area contributed by atoms with Gasteiger partial charge in [0.25, 0.3) is 0 Å². The Bertz CT molecular complexity index is 1170. The first kappa shape index (κ1) is 79.9. The van der Waals surface area contributed by atoms with Gasteiger partial charge in [0, 0.05) is 25.7 Å². The van der Waals surface area contributed by atoms with Gasteiger partial charge in [-0.15, -0.1) is 0 Å². The summed E-state index contributed by atoms with van der Waals surface area (Å²) in [5, 5.41) is 19.0. The maximum Gasteiger partial charge on any atom is 0.306 e. The number of rotatable bonds is 64. The molecule has 0 amide bonds. The Balaban J connectivity index is 0. The van der Waals surface area contributed by atoms with Gasteiger partial charge in [0.2, 0.25) is 0 Å². The van der Waals surface area contributed by atoms with Crippen molar-refractivity contribution in [1.29, 1.82) is 0 Å². The van der Waals surface area contributed by atoms with Gasteiger partial charge >= 0.3 is 23.9 Å². The van der Waals surface area contributed by atoms with Crippen LogP contribution in [0.15, 0.2) is 0 Å². The van der Waals surface area contributed by atoms with Crippen LogP contribution in [0.2, 0.25) is 0 Å². The van der Waals surface area contributed by atoms with E-state index in [2.05, 4.69) is 27.7 Å². The maximum atomic E-state index is 12.1. The van der Waals surface area contributed by atoms with E-state index in [1.54, 1.807) is 0 Å². The number of carbonyl (C=O) groups excluding carboxylic acids is 4. The van der Waals surface area contributed by atoms with Crippen molar-refractivity contribution in [3.63, 3.8) is 0 Å². The summed E-state index contributed by atoms with van der Waals surface area (Å²) < 4.78 is 21.1. The monoisotopic (exact) mass is 1140 g/mol. The molecule has 2 N–H and O–H groups in total. The zero-order valence-electron chi connectivity index (χ0n) is 53.7. The quantitative estimate of drug-likeness (QED) is 0.0343. The highest BCUT2D eigenvalue weighted by atomic mass is 16.6. The molecule has 2 atom stereocenters. The lowest BCUT2D eigenvalue weighted by molar-refractivity contribution is -0.161. The third-order valence-electron chi connectivity index (χ3n) is 15.8. The Kier molecular flexibility index (Phi) is 69.2. The van der Waals surface area contributed by atoms with E-state index in [0.717, 1.165) is 64.2 Å². The third-order valence-corrected chi connectivity index (χ3v) is 15.8. The van der Waals surface area contributed by atoms with E-state index in [9.17, 15) is 29.4 Å². The summed E-state index contributed by atoms with van der Waals surface area (Å²) in [6, 6.07) is 0. The molecule has 0 aromatic rings. The lowest BCUT2D eigenvalue weighted by atomic mass is 10.0. The molecule has 10 nitrogen and oxygen atoms in total. The van der Waals surface area contributed by atoms with Gasteiger partial charge < -0.3 is 29.2 Å². The fraction of sp³-hybridized carbons (Fsp3) is 0.943. The number of carbonyl (C=O) groups is 4. The first-order valence-corrected chi connectivity index (χ1v) is 35.2. The van der Waals surface area contributed by atoms with Crippen molar-refractivity contribution >= 4 is 23.9 Å². The van der Waals surface area contributed by atoms with Crippen molar-refractivity contribution in [2.24, 2.45) is 0 Å². The predicted molar refractivity (Wildman–Crippen MR) is 337 cm³/mol. The van der Waals surface area contributed by atoms with Crippen molar-refractivity contribution in [2.75, 3.05) is 26.4 Å². The molecule has 0 aromatic heterocycles. The minimum atomic E-state index is -0.759. The molecule has 0 spiro atoms. The zero-order valence-corrected chi connectivity index (χ0v) is 53.7. The molecule has 0 aliphatic rings. The first-order chi connectivity index (χ1) is 39.3. The van der Waals surface area contributed by atoms with Gasteiger partial charge in [-0.25, -0.2) is 0 Å². The minimum Gasteiger partial charge on any atom is -0.462 e. The Hall–Kier alpha value is -2.20. The summed E-state index contributed by atoms with van der Waals surface area (Å²) in [7, 11) is 0. The molecule has 0 aromatic carbocycles. The maximum absolute atomic E-state index is 12.1. The number of aliphatic hydroxyl groups is 2. The third kappa shape index (κ3) is 66.6. The fourth-order valence-electron chi connectivity index (χ4n) is 10.4. The molecule has 476 valence electrons. The number of esters is 4. The standard InChI is InChI=1S/2C35H68O5/c2*1-3-5-7-9-11-13-15-17-19-21-23-25-27-29-34(37)39-32-33(31-36)40-35(38)30-28-26-24-22-20-18-16-14-12-10-8-6-4-2/h2*33,36H,3-32H2,1-2H3/t2*33-/m00/s1. The van der Waals surface area contributed by atoms with Gasteiger partial charge in [0.05, 0.1) is 13.2 Å². The number of aliphatic hydroxyl groups excluding tert-OH is 2. The van der Waals surface area contributed by atoms with Crippen LogP contribution in [-0.2, 0) is 38.1 Å². The number of hydrogen-bond acceptors (Lipinski definition) is 10. The van der Waals surface area contributed by atoms with Crippen LogP contribution >= 0.6 is 0 Å². The minimum absolute atomic E-state index is 0.0574. The predicted octanol–water partition coefficient (Wildman–Crippen LogP) is 20.8. The van der Waals surface area contributed by atoms with Crippen LogP contribution in [0, 0.1) is 0 Å². The van der Waals surface area contributed by atoms with Crippen LogP contribution in [0.5, 0.6) is 0 Å². The number of unbranched alkanes of at least 4 members (excludes halogenated alkanes) is 48. The summed E-state index contributed by atoms with van der Waals surface area (Å²) in [6.07, 6.45) is 65.9. The van der Waals surface area contributed by atoms with E-state index in [1.165, 1.54) is 270 Å². The molecular weight excluding hydrogens is 1000 g/mol. The zero-order chi connectivity index (χ0) is 58.7. The molecule has 0 fully saturated rings. The molecule has 0 unspecified atom stereocenters. The summed E-state index contributed by atoms with van der Waals surface area (Å²) in [5.41, 5.74) is 0. The Labute approximate surface area is 496 Å². The Morgan fingerprint density at radius 2 is 0.388 bits per heavy atom. The van der Waals surface area contributed by atoms with Gasteiger partial charge in [0.15, 0.2) is 12.2 Å². The van der Waals surface area contributed by atoms with Gasteiger partial charge in [-0.1, -0.05) is 336 Å². The highest BCUT2D eigenvalue weighted by Gasteiger charge is 2.18. The van der Waals surface area contributed by atoms with Gasteiger partial charge in [-0.2, -0.15) is 0 Å². The van der Waals surface area contributed by atoms with Gasteiger partial charge in [-0.3, -0.25) is 19.2 Å². The largest absolute Gasteiger partial charge is 0.462 e. The summed E-state index contributed by atoms with van der Waals surface area (Å²) >= 11 is 0. The van der Waals surface area contributed by atoms with Crippen LogP contribution < -0.4 is 0 Å². The molecule has 10 heteroatoms. The Morgan fingerprint density at radius 1 is 0.237 bits per heavy atom. The van der Waals surface area contributed by atoms with Crippen molar-refractivity contribution in [3.8, 4) is 0 Å². The average Bonchev–Trinajstić information content (AvgIpc) is 3.46. The van der Waals surface area contributed by atoms with Crippen LogP contribution in [0.25, 0.3) is 0 Å². The average molecular weight is 1140 g/mol. The van der Waals surface area contributed by atoms with Crippen molar-refractivity contribution in [1.82, 2.24) is 0 Å². The molecule has 0 saturated heterocycles. The molecule has 0 heterocycles. The van der Waals surface area contributed by atoms with Gasteiger partial charge in [0.1, 0.15) is 13.2 Å². The first-order valence-electron chi connectivity index (χ1n) is 35.2. The Morgan fingerprint density at radius 3 is 0.550 bits per heavy atom. The smallest absolute Gasteiger partial charge is 0.306 e. The molecule has 0 aliphatic heterocycles. The molecule has 0 bridgehead atoms. The van der Waals surface area contributed by atoms with Crippen LogP contribution in [0.4, 0.5) is 0 Å². The normalized spacial score (nSPS) is 12.0. The molecule has 0 rings (SSSR count). The number of ether oxygens (including phenoxy) is 4. The molecule has 80 heavy (non-hydrogen) atoms. The van der Waals surface area contributed by atoms with Crippen molar-refractivity contribution < 1.29 is 48.3 Å². The second-order valence-corrected chi connectivity index (χ2v) is 23.9. The summed E-state index contributed by atoms with van der Waals surface area (Å²) in [4.78, 5) is 48.2. The van der Waals surface area contributed by atoms with E-state index < -0.39 is 12.2 Å². The topological polar surface area (TPSA) is 146 Å². The number of hydrogen-bond donors (Lipinski definition) is 2. The van der Waals surface area contributed by atoms with Gasteiger partial charge in [-0.05, 0) is 25.7 Å². The second-order valence-electron chi connectivity index (χ2n) is 23.9. The fourth-order valence-corrected chi connectivity index (χ4v) is 10.4. The van der Waals surface area contributed by atoms with Crippen LogP contribution in [0.1, 0.15) is 387 Å². The van der Waals surface area contributed by atoms with Crippen molar-refractivity contribution in [2.45, 2.75) is 399 Å². The molecular formula is C70H136O10. The highest BCUT2D eigenvalue weighted by molar-refractivity contribution is 5.71. The van der Waals surface area contributed by atoms with Crippen LogP contribution in [-0.4, -0.2) is 72.7 Å². The molecule has 0 saturated carbocycles. The molecule has 0 aliphatic carbocycles. The summed E-state index contributed by atoms with van der Waals surface area (Å²) in [6.45, 7) is 8.28. The summed E-state index contributed by atoms with van der Waals surface area (Å²) in [5.74, 6) is -1.16. The van der Waals surface area contributed by atoms with Crippen LogP contribution in [0.3, 0.4) is 0 Å². The van der Waals surface area contributed by atoms with E-state index >= 15 is 0 Å². The van der Waals surface area contributed by atoms with E-state index in [1.807, 2.05) is 0 Å².